The van der Waals surface area contributed by atoms with Crippen molar-refractivity contribution in [3.05, 3.63) is 40.9 Å². The Kier molecular flexibility index (Phi) is 4.78. The molecule has 0 spiro atoms. The molecule has 0 saturated carbocycles. The second-order valence-electron chi connectivity index (χ2n) is 6.31. The summed E-state index contributed by atoms with van der Waals surface area (Å²) in [5.74, 6) is -0.945. The van der Waals surface area contributed by atoms with Crippen molar-refractivity contribution < 1.29 is 9.90 Å². The smallest absolute Gasteiger partial charge is 0.308 e. The number of piperidine rings is 1. The third kappa shape index (κ3) is 3.62. The van der Waals surface area contributed by atoms with Crippen molar-refractivity contribution in [2.75, 3.05) is 6.54 Å². The van der Waals surface area contributed by atoms with Gasteiger partial charge in [-0.1, -0.05) is 29.8 Å². The molecule has 1 aliphatic heterocycles. The second-order valence-corrected chi connectivity index (χ2v) is 7.17. The molecule has 1 aromatic heterocycles. The van der Waals surface area contributed by atoms with Crippen LogP contribution in [0.4, 0.5) is 0 Å². The molecule has 5 heteroatoms. The van der Waals surface area contributed by atoms with E-state index in [0.717, 1.165) is 42.2 Å². The van der Waals surface area contributed by atoms with Gasteiger partial charge in [0, 0.05) is 23.5 Å². The van der Waals surface area contributed by atoms with Crippen molar-refractivity contribution in [2.24, 2.45) is 5.92 Å². The van der Waals surface area contributed by atoms with Crippen molar-refractivity contribution in [3.8, 4) is 10.6 Å². The van der Waals surface area contributed by atoms with E-state index in [1.807, 2.05) is 6.92 Å². The van der Waals surface area contributed by atoms with Crippen molar-refractivity contribution in [3.63, 3.8) is 0 Å². The van der Waals surface area contributed by atoms with E-state index in [1.54, 1.807) is 11.3 Å². The van der Waals surface area contributed by atoms with Crippen LogP contribution < -0.4 is 0 Å². The van der Waals surface area contributed by atoms with Crippen LogP contribution in [0.1, 0.15) is 31.0 Å². The Labute approximate surface area is 140 Å². The number of aliphatic carboxylic acids is 1. The van der Waals surface area contributed by atoms with Gasteiger partial charge in [0.15, 0.2) is 0 Å². The van der Waals surface area contributed by atoms with Crippen molar-refractivity contribution in [2.45, 2.75) is 39.3 Å². The Balaban J connectivity index is 1.71. The van der Waals surface area contributed by atoms with Gasteiger partial charge in [-0.05, 0) is 33.2 Å². The number of carboxylic acid groups (broad SMARTS) is 1. The number of carbonyl (C=O) groups is 1. The molecule has 1 saturated heterocycles. The predicted molar refractivity (Wildman–Crippen MR) is 92.5 cm³/mol. The summed E-state index contributed by atoms with van der Waals surface area (Å²) in [6.45, 7) is 5.77. The van der Waals surface area contributed by atoms with E-state index in [9.17, 15) is 9.90 Å². The summed E-state index contributed by atoms with van der Waals surface area (Å²) in [5.41, 5.74) is 3.41. The minimum Gasteiger partial charge on any atom is -0.481 e. The fourth-order valence-corrected chi connectivity index (χ4v) is 4.00. The zero-order valence-corrected chi connectivity index (χ0v) is 14.3. The quantitative estimate of drug-likeness (QED) is 0.926. The van der Waals surface area contributed by atoms with Crippen LogP contribution in [0.3, 0.4) is 0 Å². The molecule has 1 fully saturated rings. The second kappa shape index (κ2) is 6.81. The topological polar surface area (TPSA) is 53.4 Å². The zero-order valence-electron chi connectivity index (χ0n) is 13.5. The maximum absolute atomic E-state index is 11.3. The van der Waals surface area contributed by atoms with Gasteiger partial charge in [-0.2, -0.15) is 0 Å². The third-order valence-electron chi connectivity index (χ3n) is 4.65. The number of thiazole rings is 1. The molecule has 2 aromatic rings. The average molecular weight is 330 g/mol. The van der Waals surface area contributed by atoms with Crippen molar-refractivity contribution >= 4 is 17.3 Å². The molecule has 0 bridgehead atoms. The first-order valence-electron chi connectivity index (χ1n) is 8.03. The molecule has 122 valence electrons. The van der Waals surface area contributed by atoms with E-state index in [0.29, 0.717) is 0 Å². The summed E-state index contributed by atoms with van der Waals surface area (Å²) in [4.78, 5) is 18.3. The number of hydrogen-bond donors (Lipinski definition) is 1. The predicted octanol–water partition coefficient (Wildman–Crippen LogP) is 3.80. The first-order valence-corrected chi connectivity index (χ1v) is 8.91. The number of benzene rings is 1. The van der Waals surface area contributed by atoms with E-state index in [-0.39, 0.29) is 12.0 Å². The summed E-state index contributed by atoms with van der Waals surface area (Å²) < 4.78 is 0. The first kappa shape index (κ1) is 16.1. The number of likely N-dealkylation sites (tertiary alicyclic amines) is 1. The molecule has 0 amide bonds. The maximum Gasteiger partial charge on any atom is 0.308 e. The molecule has 1 aliphatic rings. The molecule has 3 rings (SSSR count). The Morgan fingerprint density at radius 1 is 1.39 bits per heavy atom. The summed E-state index contributed by atoms with van der Waals surface area (Å²) in [6, 6.07) is 8.45. The van der Waals surface area contributed by atoms with Gasteiger partial charge in [-0.3, -0.25) is 9.69 Å². The minimum absolute atomic E-state index is 0.0609. The van der Waals surface area contributed by atoms with E-state index in [4.69, 9.17) is 4.98 Å². The lowest BCUT2D eigenvalue weighted by molar-refractivity contribution is -0.145. The van der Waals surface area contributed by atoms with E-state index in [2.05, 4.69) is 41.5 Å². The van der Waals surface area contributed by atoms with Gasteiger partial charge in [-0.15, -0.1) is 11.3 Å². The molecule has 0 aliphatic carbocycles. The SMILES string of the molecule is Cc1ccc(-c2nc(CN3CCC[C@@H](C(=O)O)[C@H]3C)cs2)cc1. The van der Waals surface area contributed by atoms with Crippen LogP contribution in [0.2, 0.25) is 0 Å². The molecule has 2 atom stereocenters. The Hall–Kier alpha value is -1.72. The van der Waals surface area contributed by atoms with Gasteiger partial charge in [0.05, 0.1) is 11.6 Å². The van der Waals surface area contributed by atoms with Crippen LogP contribution in [0.5, 0.6) is 0 Å². The number of rotatable bonds is 4. The molecular formula is C18H22N2O2S. The zero-order chi connectivity index (χ0) is 16.4. The standard InChI is InChI=1S/C18H22N2O2S/c1-12-5-7-14(8-6-12)17-19-15(11-23-17)10-20-9-3-4-16(13(20)2)18(21)22/h5-8,11,13,16H,3-4,9-10H2,1-2H3,(H,21,22)/t13-,16-/m1/s1. The highest BCUT2D eigenvalue weighted by Crippen LogP contribution is 2.28. The van der Waals surface area contributed by atoms with Crippen molar-refractivity contribution in [1.29, 1.82) is 0 Å². The van der Waals surface area contributed by atoms with Gasteiger partial charge in [0.2, 0.25) is 0 Å². The highest BCUT2D eigenvalue weighted by Gasteiger charge is 2.32. The minimum atomic E-state index is -0.680. The molecule has 0 radical (unpaired) electrons. The van der Waals surface area contributed by atoms with Crippen LogP contribution in [0.25, 0.3) is 10.6 Å². The summed E-state index contributed by atoms with van der Waals surface area (Å²) >= 11 is 1.65. The van der Waals surface area contributed by atoms with Crippen molar-refractivity contribution in [1.82, 2.24) is 9.88 Å². The van der Waals surface area contributed by atoms with Crippen LogP contribution in [-0.4, -0.2) is 33.5 Å². The number of aryl methyl sites for hydroxylation is 1. The fourth-order valence-electron chi connectivity index (χ4n) is 3.18. The normalized spacial score (nSPS) is 22.2. The molecule has 1 aromatic carbocycles. The highest BCUT2D eigenvalue weighted by molar-refractivity contribution is 7.13. The summed E-state index contributed by atoms with van der Waals surface area (Å²) in [7, 11) is 0. The van der Waals surface area contributed by atoms with Crippen LogP contribution in [-0.2, 0) is 11.3 Å². The maximum atomic E-state index is 11.3. The Morgan fingerprint density at radius 2 is 2.13 bits per heavy atom. The van der Waals surface area contributed by atoms with Gasteiger partial charge in [0.1, 0.15) is 5.01 Å². The monoisotopic (exact) mass is 330 g/mol. The molecular weight excluding hydrogens is 308 g/mol. The lowest BCUT2D eigenvalue weighted by Crippen LogP contribution is -2.45. The average Bonchev–Trinajstić information content (AvgIpc) is 2.98. The molecule has 4 nitrogen and oxygen atoms in total. The van der Waals surface area contributed by atoms with E-state index < -0.39 is 5.97 Å². The lowest BCUT2D eigenvalue weighted by atomic mass is 9.90. The van der Waals surface area contributed by atoms with E-state index in [1.165, 1.54) is 5.56 Å². The van der Waals surface area contributed by atoms with E-state index >= 15 is 0 Å². The third-order valence-corrected chi connectivity index (χ3v) is 5.59. The summed E-state index contributed by atoms with van der Waals surface area (Å²) in [5, 5.41) is 12.4. The largest absolute Gasteiger partial charge is 0.481 e. The number of hydrogen-bond acceptors (Lipinski definition) is 4. The first-order chi connectivity index (χ1) is 11.0. The van der Waals surface area contributed by atoms with Gasteiger partial charge in [-0.25, -0.2) is 4.98 Å². The Morgan fingerprint density at radius 3 is 2.83 bits per heavy atom. The van der Waals surface area contributed by atoms with Gasteiger partial charge < -0.3 is 5.11 Å². The van der Waals surface area contributed by atoms with Gasteiger partial charge >= 0.3 is 5.97 Å². The summed E-state index contributed by atoms with van der Waals surface area (Å²) in [6.07, 6.45) is 1.72. The van der Waals surface area contributed by atoms with Crippen LogP contribution >= 0.6 is 11.3 Å². The van der Waals surface area contributed by atoms with Gasteiger partial charge in [0.25, 0.3) is 0 Å². The number of carboxylic acids is 1. The van der Waals surface area contributed by atoms with Crippen LogP contribution in [0, 0.1) is 12.8 Å². The van der Waals surface area contributed by atoms with Crippen LogP contribution in [0.15, 0.2) is 29.6 Å². The highest BCUT2D eigenvalue weighted by atomic mass is 32.1. The molecule has 1 N–H and O–H groups in total. The molecule has 23 heavy (non-hydrogen) atoms. The lowest BCUT2D eigenvalue weighted by Gasteiger charge is -2.37. The molecule has 0 unspecified atom stereocenters. The fraction of sp³-hybridized carbons (Fsp3) is 0.444. The Bertz CT molecular complexity index is 681. The molecule has 2 heterocycles. The number of nitrogens with zero attached hydrogens (tertiary/aromatic N) is 2. The number of aromatic nitrogens is 1.